The maximum atomic E-state index is 11.7. The normalized spacial score (nSPS) is 11.7. The fourth-order valence-corrected chi connectivity index (χ4v) is 2.84. The lowest BCUT2D eigenvalue weighted by atomic mass is 9.87. The number of aromatic nitrogens is 2. The Hall–Kier alpha value is -2.33. The number of methoxy groups -OCH3 is 1. The standard InChI is InChI=1S/C19H19ClN2O2/c1-19(2,3)13-7-5-11(6-8-13)17-21-15-10-12(18(23)24-4)9-14(20)16(15)22-17/h5-10H,1-4H3,(H,21,22). The van der Waals surface area contributed by atoms with Crippen molar-refractivity contribution in [3.8, 4) is 11.4 Å². The lowest BCUT2D eigenvalue weighted by molar-refractivity contribution is 0.0601. The van der Waals surface area contributed by atoms with Gasteiger partial charge in [0.25, 0.3) is 0 Å². The summed E-state index contributed by atoms with van der Waals surface area (Å²) in [6, 6.07) is 11.5. The van der Waals surface area contributed by atoms with Crippen LogP contribution in [0, 0.1) is 0 Å². The number of ether oxygens (including phenoxy) is 1. The van der Waals surface area contributed by atoms with Crippen molar-refractivity contribution in [2.24, 2.45) is 0 Å². The first-order valence-corrected chi connectivity index (χ1v) is 8.06. The highest BCUT2D eigenvalue weighted by Gasteiger charge is 2.16. The van der Waals surface area contributed by atoms with E-state index in [9.17, 15) is 4.79 Å². The Morgan fingerprint density at radius 1 is 1.17 bits per heavy atom. The van der Waals surface area contributed by atoms with Crippen molar-refractivity contribution in [1.82, 2.24) is 9.97 Å². The van der Waals surface area contributed by atoms with Crippen molar-refractivity contribution in [2.75, 3.05) is 7.11 Å². The molecule has 4 nitrogen and oxygen atoms in total. The minimum Gasteiger partial charge on any atom is -0.465 e. The third-order valence-corrected chi connectivity index (χ3v) is 4.27. The van der Waals surface area contributed by atoms with Gasteiger partial charge < -0.3 is 9.72 Å². The minimum absolute atomic E-state index is 0.102. The fourth-order valence-electron chi connectivity index (χ4n) is 2.58. The molecule has 24 heavy (non-hydrogen) atoms. The Bertz CT molecular complexity index is 906. The van der Waals surface area contributed by atoms with Crippen LogP contribution >= 0.6 is 11.6 Å². The van der Waals surface area contributed by atoms with Crippen LogP contribution in [-0.4, -0.2) is 23.0 Å². The van der Waals surface area contributed by atoms with Crippen LogP contribution in [0.25, 0.3) is 22.4 Å². The van der Waals surface area contributed by atoms with Gasteiger partial charge in [0.05, 0.1) is 23.2 Å². The number of nitrogens with one attached hydrogen (secondary N) is 1. The molecule has 0 saturated heterocycles. The summed E-state index contributed by atoms with van der Waals surface area (Å²) in [5.41, 5.74) is 4.07. The van der Waals surface area contributed by atoms with Crippen molar-refractivity contribution >= 4 is 28.6 Å². The lowest BCUT2D eigenvalue weighted by Crippen LogP contribution is -2.10. The number of benzene rings is 2. The Morgan fingerprint density at radius 3 is 2.42 bits per heavy atom. The van der Waals surface area contributed by atoms with E-state index in [-0.39, 0.29) is 5.41 Å². The largest absolute Gasteiger partial charge is 0.465 e. The number of esters is 1. The van der Waals surface area contributed by atoms with E-state index in [1.807, 2.05) is 12.1 Å². The summed E-state index contributed by atoms with van der Waals surface area (Å²) in [6.07, 6.45) is 0. The molecule has 0 bridgehead atoms. The quantitative estimate of drug-likeness (QED) is 0.669. The molecule has 0 radical (unpaired) electrons. The second kappa shape index (κ2) is 5.95. The van der Waals surface area contributed by atoms with Crippen molar-refractivity contribution in [3.63, 3.8) is 0 Å². The second-order valence-electron chi connectivity index (χ2n) is 6.76. The van der Waals surface area contributed by atoms with Crippen LogP contribution in [0.1, 0.15) is 36.7 Å². The van der Waals surface area contributed by atoms with Crippen molar-refractivity contribution in [3.05, 3.63) is 52.5 Å². The summed E-state index contributed by atoms with van der Waals surface area (Å²) in [5.74, 6) is 0.291. The Morgan fingerprint density at radius 2 is 1.83 bits per heavy atom. The van der Waals surface area contributed by atoms with Crippen LogP contribution in [0.2, 0.25) is 5.02 Å². The van der Waals surface area contributed by atoms with Gasteiger partial charge in [-0.3, -0.25) is 0 Å². The van der Waals surface area contributed by atoms with Gasteiger partial charge in [-0.05, 0) is 23.1 Å². The molecule has 2 aromatic carbocycles. The molecule has 124 valence electrons. The first-order valence-electron chi connectivity index (χ1n) is 7.68. The predicted octanol–water partition coefficient (Wildman–Crippen LogP) is 4.97. The van der Waals surface area contributed by atoms with Gasteiger partial charge in [-0.25, -0.2) is 9.78 Å². The summed E-state index contributed by atoms with van der Waals surface area (Å²) in [6.45, 7) is 6.53. The topological polar surface area (TPSA) is 55.0 Å². The number of hydrogen-bond acceptors (Lipinski definition) is 3. The monoisotopic (exact) mass is 342 g/mol. The van der Waals surface area contributed by atoms with Crippen molar-refractivity contribution in [1.29, 1.82) is 0 Å². The average molecular weight is 343 g/mol. The highest BCUT2D eigenvalue weighted by Crippen LogP contribution is 2.29. The SMILES string of the molecule is COC(=O)c1cc(Cl)c2nc(-c3ccc(C(C)(C)C)cc3)[nH]c2c1. The number of rotatable bonds is 2. The molecule has 1 heterocycles. The number of halogens is 1. The van der Waals surface area contributed by atoms with E-state index in [4.69, 9.17) is 16.3 Å². The molecule has 0 fully saturated rings. The van der Waals surface area contributed by atoms with E-state index in [2.05, 4.69) is 42.9 Å². The molecule has 0 aliphatic heterocycles. The number of fused-ring (bicyclic) bond motifs is 1. The van der Waals surface area contributed by atoms with Crippen LogP contribution in [-0.2, 0) is 10.2 Å². The summed E-state index contributed by atoms with van der Waals surface area (Å²) in [4.78, 5) is 19.5. The van der Waals surface area contributed by atoms with Crippen LogP contribution in [0.15, 0.2) is 36.4 Å². The van der Waals surface area contributed by atoms with Crippen LogP contribution < -0.4 is 0 Å². The van der Waals surface area contributed by atoms with Gasteiger partial charge in [0.15, 0.2) is 0 Å². The van der Waals surface area contributed by atoms with Crippen LogP contribution in [0.3, 0.4) is 0 Å². The van der Waals surface area contributed by atoms with Gasteiger partial charge in [-0.15, -0.1) is 0 Å². The third kappa shape index (κ3) is 3.02. The van der Waals surface area contributed by atoms with E-state index in [0.717, 1.165) is 11.4 Å². The summed E-state index contributed by atoms with van der Waals surface area (Å²) >= 11 is 6.26. The lowest BCUT2D eigenvalue weighted by Gasteiger charge is -2.18. The molecule has 0 amide bonds. The molecule has 0 unspecified atom stereocenters. The summed E-state index contributed by atoms with van der Waals surface area (Å²) < 4.78 is 4.74. The minimum atomic E-state index is -0.426. The molecule has 1 aromatic heterocycles. The van der Waals surface area contributed by atoms with E-state index >= 15 is 0 Å². The maximum absolute atomic E-state index is 11.7. The van der Waals surface area contributed by atoms with Gasteiger partial charge in [-0.1, -0.05) is 56.6 Å². The molecule has 0 spiro atoms. The highest BCUT2D eigenvalue weighted by atomic mass is 35.5. The molecular formula is C19H19ClN2O2. The van der Waals surface area contributed by atoms with E-state index in [1.54, 1.807) is 12.1 Å². The van der Waals surface area contributed by atoms with Gasteiger partial charge in [0, 0.05) is 5.56 Å². The van der Waals surface area contributed by atoms with Gasteiger partial charge in [0.1, 0.15) is 11.3 Å². The molecule has 0 saturated carbocycles. The van der Waals surface area contributed by atoms with E-state index in [0.29, 0.717) is 21.6 Å². The Balaban J connectivity index is 2.05. The molecule has 5 heteroatoms. The Kier molecular flexibility index (Phi) is 4.10. The number of imidazole rings is 1. The number of nitrogens with zero attached hydrogens (tertiary/aromatic N) is 1. The second-order valence-corrected chi connectivity index (χ2v) is 7.17. The zero-order valence-corrected chi connectivity index (χ0v) is 14.9. The van der Waals surface area contributed by atoms with E-state index < -0.39 is 5.97 Å². The Labute approximate surface area is 145 Å². The van der Waals surface area contributed by atoms with Crippen LogP contribution in [0.4, 0.5) is 0 Å². The number of carbonyl (C=O) groups excluding carboxylic acids is 1. The zero-order chi connectivity index (χ0) is 17.5. The molecule has 0 aliphatic rings. The molecule has 0 atom stereocenters. The number of aromatic amines is 1. The predicted molar refractivity (Wildman–Crippen MR) is 96.6 cm³/mol. The van der Waals surface area contributed by atoms with Crippen molar-refractivity contribution in [2.45, 2.75) is 26.2 Å². The molecule has 3 rings (SSSR count). The van der Waals surface area contributed by atoms with E-state index in [1.165, 1.54) is 12.7 Å². The van der Waals surface area contributed by atoms with Gasteiger partial charge >= 0.3 is 5.97 Å². The molecule has 0 aliphatic carbocycles. The fraction of sp³-hybridized carbons (Fsp3) is 0.263. The summed E-state index contributed by atoms with van der Waals surface area (Å²) in [7, 11) is 1.34. The number of H-pyrrole nitrogens is 1. The van der Waals surface area contributed by atoms with Gasteiger partial charge in [0.2, 0.25) is 0 Å². The average Bonchev–Trinajstić information content (AvgIpc) is 2.98. The third-order valence-electron chi connectivity index (χ3n) is 3.99. The number of carbonyl (C=O) groups is 1. The molecule has 1 N–H and O–H groups in total. The molecular weight excluding hydrogens is 324 g/mol. The van der Waals surface area contributed by atoms with Gasteiger partial charge in [-0.2, -0.15) is 0 Å². The van der Waals surface area contributed by atoms with Crippen LogP contribution in [0.5, 0.6) is 0 Å². The first kappa shape index (κ1) is 16.5. The smallest absolute Gasteiger partial charge is 0.337 e. The first-order chi connectivity index (χ1) is 11.3. The maximum Gasteiger partial charge on any atom is 0.337 e. The van der Waals surface area contributed by atoms with Crippen molar-refractivity contribution < 1.29 is 9.53 Å². The zero-order valence-electron chi connectivity index (χ0n) is 14.1. The number of hydrogen-bond donors (Lipinski definition) is 1. The highest BCUT2D eigenvalue weighted by molar-refractivity contribution is 6.35. The molecule has 3 aromatic rings. The summed E-state index contributed by atoms with van der Waals surface area (Å²) in [5, 5.41) is 0.418.